The van der Waals surface area contributed by atoms with Crippen LogP contribution in [0.15, 0.2) is 59.5 Å². The van der Waals surface area contributed by atoms with Crippen molar-refractivity contribution in [3.05, 3.63) is 76.7 Å². The van der Waals surface area contributed by atoms with E-state index in [2.05, 4.69) is 21.6 Å². The first-order chi connectivity index (χ1) is 13.9. The number of aryl methyl sites for hydroxylation is 1. The summed E-state index contributed by atoms with van der Waals surface area (Å²) in [7, 11) is 3.26. The molecule has 0 saturated carbocycles. The van der Waals surface area contributed by atoms with Crippen molar-refractivity contribution in [2.24, 2.45) is 7.05 Å². The topological polar surface area (TPSA) is 68.2 Å². The normalized spacial score (nSPS) is 10.5. The highest BCUT2D eigenvalue weighted by molar-refractivity contribution is 8.03. The zero-order valence-corrected chi connectivity index (χ0v) is 16.5. The van der Waals surface area contributed by atoms with E-state index in [0.29, 0.717) is 22.5 Å². The smallest absolute Gasteiger partial charge is 0.273 e. The average Bonchev–Trinajstić information content (AvgIpc) is 2.71. The SMILES string of the molecule is C=CSNc1cnc(Oc2ccc(F)cc2F)c(-c2cc(NC)c(=O)n(C)c2)c1. The molecule has 29 heavy (non-hydrogen) atoms. The van der Waals surface area contributed by atoms with Gasteiger partial charge in [-0.15, -0.1) is 0 Å². The summed E-state index contributed by atoms with van der Waals surface area (Å²) < 4.78 is 37.4. The Bertz CT molecular complexity index is 1120. The number of halogens is 2. The van der Waals surface area contributed by atoms with E-state index in [1.807, 2.05) is 0 Å². The van der Waals surface area contributed by atoms with Crippen molar-refractivity contribution < 1.29 is 13.5 Å². The van der Waals surface area contributed by atoms with E-state index in [-0.39, 0.29) is 17.2 Å². The van der Waals surface area contributed by atoms with Crippen molar-refractivity contribution in [3.8, 4) is 22.8 Å². The summed E-state index contributed by atoms with van der Waals surface area (Å²) in [5, 5.41) is 4.46. The molecule has 0 saturated heterocycles. The summed E-state index contributed by atoms with van der Waals surface area (Å²) in [6, 6.07) is 6.42. The van der Waals surface area contributed by atoms with Crippen molar-refractivity contribution in [1.29, 1.82) is 0 Å². The Morgan fingerprint density at radius 1 is 1.28 bits per heavy atom. The van der Waals surface area contributed by atoms with E-state index in [1.54, 1.807) is 37.8 Å². The molecule has 6 nitrogen and oxygen atoms in total. The first-order valence-electron chi connectivity index (χ1n) is 8.47. The molecule has 2 heterocycles. The van der Waals surface area contributed by atoms with Crippen LogP contribution in [0.5, 0.6) is 11.6 Å². The van der Waals surface area contributed by atoms with Gasteiger partial charge in [-0.1, -0.05) is 6.58 Å². The molecule has 9 heteroatoms. The van der Waals surface area contributed by atoms with Crippen LogP contribution in [-0.2, 0) is 7.05 Å². The highest BCUT2D eigenvalue weighted by atomic mass is 32.2. The van der Waals surface area contributed by atoms with Crippen molar-refractivity contribution >= 4 is 23.3 Å². The Balaban J connectivity index is 2.12. The van der Waals surface area contributed by atoms with Gasteiger partial charge in [-0.2, -0.15) is 0 Å². The molecular weight excluding hydrogens is 398 g/mol. The van der Waals surface area contributed by atoms with Gasteiger partial charge in [0.05, 0.1) is 11.9 Å². The average molecular weight is 416 g/mol. The fourth-order valence-corrected chi connectivity index (χ4v) is 2.94. The van der Waals surface area contributed by atoms with Crippen molar-refractivity contribution in [1.82, 2.24) is 9.55 Å². The zero-order chi connectivity index (χ0) is 21.0. The first-order valence-corrected chi connectivity index (χ1v) is 9.35. The van der Waals surface area contributed by atoms with Crippen molar-refractivity contribution in [2.45, 2.75) is 0 Å². The molecule has 0 unspecified atom stereocenters. The molecule has 2 N–H and O–H groups in total. The minimum atomic E-state index is -0.849. The van der Waals surface area contributed by atoms with Gasteiger partial charge in [-0.25, -0.2) is 13.8 Å². The van der Waals surface area contributed by atoms with Crippen LogP contribution < -0.4 is 20.3 Å². The fourth-order valence-electron chi connectivity index (χ4n) is 2.61. The Kier molecular flexibility index (Phi) is 6.18. The van der Waals surface area contributed by atoms with Crippen molar-refractivity contribution in [2.75, 3.05) is 17.1 Å². The van der Waals surface area contributed by atoms with E-state index in [0.717, 1.165) is 12.1 Å². The third-order valence-electron chi connectivity index (χ3n) is 3.98. The van der Waals surface area contributed by atoms with Crippen LogP contribution in [0.1, 0.15) is 0 Å². The predicted octanol–water partition coefficient (Wildman–Crippen LogP) is 4.76. The molecule has 150 valence electrons. The molecule has 2 aromatic heterocycles. The molecule has 0 fully saturated rings. The molecule has 1 aromatic carbocycles. The van der Waals surface area contributed by atoms with Crippen LogP contribution in [0, 0.1) is 11.6 Å². The second kappa shape index (κ2) is 8.78. The number of anilines is 2. The maximum Gasteiger partial charge on any atom is 0.273 e. The molecule has 0 bridgehead atoms. The van der Waals surface area contributed by atoms with Gasteiger partial charge in [0.1, 0.15) is 11.5 Å². The van der Waals surface area contributed by atoms with Crippen LogP contribution in [0.2, 0.25) is 0 Å². The van der Waals surface area contributed by atoms with E-state index in [9.17, 15) is 13.6 Å². The molecule has 3 rings (SSSR count). The number of aromatic nitrogens is 2. The number of ether oxygens (including phenoxy) is 1. The van der Waals surface area contributed by atoms with E-state index in [1.165, 1.54) is 28.8 Å². The third-order valence-corrected chi connectivity index (χ3v) is 4.50. The Morgan fingerprint density at radius 2 is 2.07 bits per heavy atom. The lowest BCUT2D eigenvalue weighted by atomic mass is 10.1. The van der Waals surface area contributed by atoms with Gasteiger partial charge in [0.25, 0.3) is 5.56 Å². The maximum atomic E-state index is 14.1. The zero-order valence-electron chi connectivity index (χ0n) is 15.7. The largest absolute Gasteiger partial charge is 0.435 e. The van der Waals surface area contributed by atoms with Crippen LogP contribution in [0.4, 0.5) is 20.2 Å². The second-order valence-electron chi connectivity index (χ2n) is 5.95. The number of hydrogen-bond donors (Lipinski definition) is 2. The lowest BCUT2D eigenvalue weighted by molar-refractivity contribution is 0.425. The first kappa shape index (κ1) is 20.4. The minimum absolute atomic E-state index is 0.102. The molecule has 0 aliphatic carbocycles. The van der Waals surface area contributed by atoms with Gasteiger partial charge < -0.3 is 19.3 Å². The Hall–Kier alpha value is -3.33. The molecule has 0 aliphatic rings. The summed E-state index contributed by atoms with van der Waals surface area (Å²) in [5.41, 5.74) is 1.95. The van der Waals surface area contributed by atoms with Gasteiger partial charge in [0.2, 0.25) is 5.88 Å². The van der Waals surface area contributed by atoms with Gasteiger partial charge in [-0.05, 0) is 41.6 Å². The quantitative estimate of drug-likeness (QED) is 0.541. The van der Waals surface area contributed by atoms with Crippen LogP contribution in [0.25, 0.3) is 11.1 Å². The summed E-state index contributed by atoms with van der Waals surface area (Å²) in [6.45, 7) is 3.63. The molecule has 0 radical (unpaired) electrons. The Morgan fingerprint density at radius 3 is 2.76 bits per heavy atom. The molecule has 3 aromatic rings. The Labute approximate surface area is 170 Å². The van der Waals surface area contributed by atoms with Gasteiger partial charge >= 0.3 is 0 Å². The van der Waals surface area contributed by atoms with Crippen LogP contribution >= 0.6 is 11.9 Å². The number of hydrogen-bond acceptors (Lipinski definition) is 6. The second-order valence-corrected chi connectivity index (χ2v) is 6.72. The van der Waals surface area contributed by atoms with Gasteiger partial charge in [0, 0.05) is 37.5 Å². The van der Waals surface area contributed by atoms with E-state index in [4.69, 9.17) is 4.74 Å². The highest BCUT2D eigenvalue weighted by Gasteiger charge is 2.16. The monoisotopic (exact) mass is 416 g/mol. The summed E-state index contributed by atoms with van der Waals surface area (Å²) in [6.07, 6.45) is 3.14. The number of rotatable bonds is 7. The summed E-state index contributed by atoms with van der Waals surface area (Å²) in [5.74, 6) is -1.62. The number of nitrogens with one attached hydrogen (secondary N) is 2. The van der Waals surface area contributed by atoms with Gasteiger partial charge in [0.15, 0.2) is 11.6 Å². The maximum absolute atomic E-state index is 14.1. The summed E-state index contributed by atoms with van der Waals surface area (Å²) in [4.78, 5) is 16.5. The molecular formula is C20H18F2N4O2S. The lowest BCUT2D eigenvalue weighted by Gasteiger charge is -2.14. The van der Waals surface area contributed by atoms with E-state index >= 15 is 0 Å². The van der Waals surface area contributed by atoms with Crippen LogP contribution in [0.3, 0.4) is 0 Å². The highest BCUT2D eigenvalue weighted by Crippen LogP contribution is 2.35. The number of benzene rings is 1. The van der Waals surface area contributed by atoms with Crippen LogP contribution in [-0.4, -0.2) is 16.6 Å². The molecule has 0 amide bonds. The summed E-state index contributed by atoms with van der Waals surface area (Å²) >= 11 is 1.26. The fraction of sp³-hybridized carbons (Fsp3) is 0.100. The number of nitrogens with zero attached hydrogens (tertiary/aromatic N) is 2. The van der Waals surface area contributed by atoms with E-state index < -0.39 is 11.6 Å². The van der Waals surface area contributed by atoms with Crippen molar-refractivity contribution in [3.63, 3.8) is 0 Å². The third kappa shape index (κ3) is 4.57. The van der Waals surface area contributed by atoms with Gasteiger partial charge in [-0.3, -0.25) is 4.79 Å². The number of pyridine rings is 2. The minimum Gasteiger partial charge on any atom is -0.435 e. The molecule has 0 aliphatic heterocycles. The predicted molar refractivity (Wildman–Crippen MR) is 112 cm³/mol. The standard InChI is InChI=1S/C20H18F2N4O2S/c1-4-29-25-14-9-15(12-7-17(23-2)20(27)26(3)11-12)19(24-10-14)28-18-6-5-13(21)8-16(18)22/h4-11,23,25H,1H2,2-3H3. The molecule has 0 atom stereocenters. The lowest BCUT2D eigenvalue weighted by Crippen LogP contribution is -2.19. The molecule has 0 spiro atoms.